The number of anilines is 2. The lowest BCUT2D eigenvalue weighted by molar-refractivity contribution is 0.0810. The number of fused-ring (bicyclic) bond motifs is 3. The monoisotopic (exact) mass is 483 g/mol. The molecule has 2 fully saturated rings. The number of aryl methyl sites for hydroxylation is 2. The van der Waals surface area contributed by atoms with E-state index in [1.807, 2.05) is 11.6 Å². The van der Waals surface area contributed by atoms with Crippen molar-refractivity contribution in [2.24, 2.45) is 11.8 Å². The van der Waals surface area contributed by atoms with Crippen LogP contribution in [-0.4, -0.2) is 50.5 Å². The second kappa shape index (κ2) is 8.78. The summed E-state index contributed by atoms with van der Waals surface area (Å²) in [6.45, 7) is 5.16. The van der Waals surface area contributed by atoms with Crippen molar-refractivity contribution in [3.8, 4) is 0 Å². The molecule has 1 aliphatic carbocycles. The summed E-state index contributed by atoms with van der Waals surface area (Å²) in [5.41, 5.74) is 1.64. The Morgan fingerprint density at radius 3 is 2.71 bits per heavy atom. The van der Waals surface area contributed by atoms with Gasteiger partial charge in [-0.05, 0) is 61.8 Å². The summed E-state index contributed by atoms with van der Waals surface area (Å²) < 4.78 is 22.0. The first-order valence-electron chi connectivity index (χ1n) is 11.9. The molecule has 3 aliphatic rings. The number of piperidine rings is 1. The Labute approximate surface area is 202 Å². The van der Waals surface area contributed by atoms with E-state index in [1.165, 1.54) is 25.0 Å². The molecule has 0 spiro atoms. The Hall–Kier alpha value is -2.78. The van der Waals surface area contributed by atoms with Gasteiger partial charge in [0.15, 0.2) is 5.82 Å². The van der Waals surface area contributed by atoms with Gasteiger partial charge >= 0.3 is 0 Å². The lowest BCUT2D eigenvalue weighted by atomic mass is 9.92. The van der Waals surface area contributed by atoms with Gasteiger partial charge in [-0.1, -0.05) is 11.6 Å². The third kappa shape index (κ3) is 4.11. The molecule has 0 amide bonds. The van der Waals surface area contributed by atoms with Gasteiger partial charge in [-0.25, -0.2) is 19.0 Å². The molecule has 6 rings (SSSR count). The SMILES string of the molecule is Cc1cc(N2C[C@H]3CC[C@@H](C2)C3Nc2nc3n(n2)CCCO[C@@H]3c2cc(F)cc(Cl)c2)ncn1. The van der Waals surface area contributed by atoms with Crippen molar-refractivity contribution >= 4 is 23.4 Å². The van der Waals surface area contributed by atoms with Crippen molar-refractivity contribution in [2.45, 2.75) is 44.9 Å². The zero-order valence-corrected chi connectivity index (χ0v) is 19.7. The van der Waals surface area contributed by atoms with E-state index >= 15 is 0 Å². The van der Waals surface area contributed by atoms with Gasteiger partial charge in [-0.3, -0.25) is 0 Å². The van der Waals surface area contributed by atoms with Crippen LogP contribution in [0.2, 0.25) is 5.02 Å². The maximum absolute atomic E-state index is 14.0. The first-order valence-corrected chi connectivity index (χ1v) is 12.2. The molecule has 1 saturated carbocycles. The van der Waals surface area contributed by atoms with E-state index in [-0.39, 0.29) is 5.82 Å². The Bertz CT molecular complexity index is 1170. The summed E-state index contributed by atoms with van der Waals surface area (Å²) in [6.07, 6.45) is 4.30. The van der Waals surface area contributed by atoms with Gasteiger partial charge in [0.1, 0.15) is 24.1 Å². The number of hydrogen-bond acceptors (Lipinski definition) is 7. The number of hydrogen-bond donors (Lipinski definition) is 1. The first-order chi connectivity index (χ1) is 16.5. The Morgan fingerprint density at radius 1 is 1.12 bits per heavy atom. The van der Waals surface area contributed by atoms with Gasteiger partial charge in [-0.15, -0.1) is 5.10 Å². The Balaban J connectivity index is 1.22. The average Bonchev–Trinajstić information content (AvgIpc) is 3.20. The molecular weight excluding hydrogens is 457 g/mol. The van der Waals surface area contributed by atoms with E-state index in [0.29, 0.717) is 53.4 Å². The van der Waals surface area contributed by atoms with E-state index in [9.17, 15) is 4.39 Å². The van der Waals surface area contributed by atoms with Crippen molar-refractivity contribution in [2.75, 3.05) is 29.9 Å². The largest absolute Gasteiger partial charge is 0.365 e. The van der Waals surface area contributed by atoms with Crippen LogP contribution >= 0.6 is 11.6 Å². The number of rotatable bonds is 4. The smallest absolute Gasteiger partial charge is 0.242 e. The molecule has 8 nitrogen and oxygen atoms in total. The van der Waals surface area contributed by atoms with E-state index in [2.05, 4.69) is 26.3 Å². The standard InChI is InChI=1S/C24H27ClFN7O/c1-14-7-20(28-13-27-14)32-11-15-3-4-16(12-32)21(15)29-24-30-23-22(34-6-2-5-33(23)31-24)17-8-18(25)10-19(26)9-17/h7-10,13,15-16,21-22H,2-6,11-12H2,1H3,(H,29,31)/t15-,16+,21?,22-/m1/s1. The minimum absolute atomic E-state index is 0.314. The van der Waals surface area contributed by atoms with Gasteiger partial charge in [-0.2, -0.15) is 4.98 Å². The number of nitrogens with zero attached hydrogens (tertiary/aromatic N) is 6. The topological polar surface area (TPSA) is 81.0 Å². The molecule has 10 heteroatoms. The van der Waals surface area contributed by atoms with Crippen LogP contribution in [0.5, 0.6) is 0 Å². The molecular formula is C24H27ClFN7O. The van der Waals surface area contributed by atoms with Crippen LogP contribution in [0, 0.1) is 24.6 Å². The van der Waals surface area contributed by atoms with Gasteiger partial charge < -0.3 is 15.0 Å². The number of aromatic nitrogens is 5. The van der Waals surface area contributed by atoms with E-state index in [0.717, 1.165) is 31.0 Å². The van der Waals surface area contributed by atoms with Crippen molar-refractivity contribution in [3.63, 3.8) is 0 Å². The minimum Gasteiger partial charge on any atom is -0.365 e. The first kappa shape index (κ1) is 21.7. The fourth-order valence-electron chi connectivity index (χ4n) is 5.64. The molecule has 4 heterocycles. The highest BCUT2D eigenvalue weighted by Crippen LogP contribution is 2.40. The van der Waals surface area contributed by atoms with E-state index < -0.39 is 6.10 Å². The third-order valence-corrected chi connectivity index (χ3v) is 7.38. The molecule has 1 N–H and O–H groups in total. The zero-order valence-electron chi connectivity index (χ0n) is 19.0. The molecule has 2 aliphatic heterocycles. The Morgan fingerprint density at radius 2 is 1.94 bits per heavy atom. The quantitative estimate of drug-likeness (QED) is 0.600. The van der Waals surface area contributed by atoms with Gasteiger partial charge in [0.05, 0.1) is 0 Å². The van der Waals surface area contributed by atoms with Crippen LogP contribution in [0.15, 0.2) is 30.6 Å². The lowest BCUT2D eigenvalue weighted by Gasteiger charge is -2.38. The highest BCUT2D eigenvalue weighted by Gasteiger charge is 2.43. The van der Waals surface area contributed by atoms with Gasteiger partial charge in [0.2, 0.25) is 5.95 Å². The highest BCUT2D eigenvalue weighted by molar-refractivity contribution is 6.30. The maximum Gasteiger partial charge on any atom is 0.242 e. The lowest BCUT2D eigenvalue weighted by Crippen LogP contribution is -2.48. The van der Waals surface area contributed by atoms with Crippen molar-refractivity contribution < 1.29 is 9.13 Å². The zero-order chi connectivity index (χ0) is 23.2. The van der Waals surface area contributed by atoms with Crippen molar-refractivity contribution in [1.29, 1.82) is 0 Å². The summed E-state index contributed by atoms with van der Waals surface area (Å²) in [6, 6.07) is 6.86. The van der Waals surface area contributed by atoms with Crippen LogP contribution in [0.4, 0.5) is 16.2 Å². The minimum atomic E-state index is -0.502. The molecule has 178 valence electrons. The Kier molecular flexibility index (Phi) is 5.61. The predicted octanol–water partition coefficient (Wildman–Crippen LogP) is 4.01. The molecule has 0 radical (unpaired) electrons. The summed E-state index contributed by atoms with van der Waals surface area (Å²) in [5.74, 6) is 2.90. The fraction of sp³-hybridized carbons (Fsp3) is 0.500. The number of halogens is 2. The average molecular weight is 484 g/mol. The van der Waals surface area contributed by atoms with E-state index in [4.69, 9.17) is 26.4 Å². The van der Waals surface area contributed by atoms with Gasteiger partial charge in [0, 0.05) is 49.1 Å². The predicted molar refractivity (Wildman–Crippen MR) is 126 cm³/mol. The van der Waals surface area contributed by atoms with E-state index in [1.54, 1.807) is 12.4 Å². The van der Waals surface area contributed by atoms with Crippen molar-refractivity contribution in [3.05, 3.63) is 58.5 Å². The van der Waals surface area contributed by atoms with Gasteiger partial charge in [0.25, 0.3) is 0 Å². The maximum atomic E-state index is 14.0. The molecule has 2 bridgehead atoms. The van der Waals surface area contributed by atoms with Crippen LogP contribution in [0.3, 0.4) is 0 Å². The summed E-state index contributed by atoms with van der Waals surface area (Å²) in [7, 11) is 0. The molecule has 1 unspecified atom stereocenters. The number of ether oxygens (including phenoxy) is 1. The van der Waals surface area contributed by atoms with Crippen LogP contribution < -0.4 is 10.2 Å². The third-order valence-electron chi connectivity index (χ3n) is 7.16. The fourth-order valence-corrected chi connectivity index (χ4v) is 5.87. The normalized spacial score (nSPS) is 26.3. The second-order valence-electron chi connectivity index (χ2n) is 9.51. The molecule has 34 heavy (non-hydrogen) atoms. The molecule has 1 saturated heterocycles. The van der Waals surface area contributed by atoms with Crippen LogP contribution in [0.1, 0.15) is 42.4 Å². The number of benzene rings is 1. The van der Waals surface area contributed by atoms with Crippen molar-refractivity contribution in [1.82, 2.24) is 24.7 Å². The summed E-state index contributed by atoms with van der Waals surface area (Å²) >= 11 is 6.11. The molecule has 4 atom stereocenters. The van der Waals surface area contributed by atoms with Crippen LogP contribution in [-0.2, 0) is 11.3 Å². The molecule has 1 aromatic carbocycles. The highest BCUT2D eigenvalue weighted by atomic mass is 35.5. The molecule has 3 aromatic rings. The molecule has 2 aromatic heterocycles. The van der Waals surface area contributed by atoms with Crippen LogP contribution in [0.25, 0.3) is 0 Å². The number of nitrogens with one attached hydrogen (secondary N) is 1. The summed E-state index contributed by atoms with van der Waals surface area (Å²) in [5, 5.41) is 8.75. The summed E-state index contributed by atoms with van der Waals surface area (Å²) in [4.78, 5) is 15.9. The second-order valence-corrected chi connectivity index (χ2v) is 9.95.